The van der Waals surface area contributed by atoms with Crippen molar-refractivity contribution in [1.29, 1.82) is 0 Å². The first-order valence-electron chi connectivity index (χ1n) is 6.98. The van der Waals surface area contributed by atoms with Crippen LogP contribution in [0.5, 0.6) is 0 Å². The van der Waals surface area contributed by atoms with E-state index in [1.165, 1.54) is 33.4 Å². The normalized spacial score (nSPS) is 10.5. The van der Waals surface area contributed by atoms with E-state index < -0.39 is 0 Å². The lowest BCUT2D eigenvalue weighted by Gasteiger charge is -2.13. The summed E-state index contributed by atoms with van der Waals surface area (Å²) < 4.78 is 0. The molecule has 0 heterocycles. The Balaban J connectivity index is 2.23. The van der Waals surface area contributed by atoms with E-state index in [9.17, 15) is 0 Å². The summed E-state index contributed by atoms with van der Waals surface area (Å²) in [7, 11) is 0. The zero-order valence-corrected chi connectivity index (χ0v) is 11.9. The molecule has 0 bridgehead atoms. The van der Waals surface area contributed by atoms with E-state index in [4.69, 9.17) is 0 Å². The van der Waals surface area contributed by atoms with Crippen LogP contribution in [0.1, 0.15) is 11.1 Å². The molecule has 0 saturated carbocycles. The molecular weight excluding hydrogens is 240 g/mol. The molecule has 0 aromatic heterocycles. The van der Waals surface area contributed by atoms with E-state index >= 15 is 0 Å². The third-order valence-electron chi connectivity index (χ3n) is 3.91. The summed E-state index contributed by atoms with van der Waals surface area (Å²) in [6, 6.07) is 25.7. The van der Waals surface area contributed by atoms with Crippen molar-refractivity contribution in [3.05, 3.63) is 83.9 Å². The Morgan fingerprint density at radius 3 is 1.85 bits per heavy atom. The maximum Gasteiger partial charge on any atom is -0.0103 e. The molecule has 0 aliphatic heterocycles. The standard InChI is InChI=1S/C20H18/c1-15-9-8-14-18(16(15)2)20-13-7-6-12-19(20)17-10-4-3-5-11-17/h3-14H,1-2H3. The minimum absolute atomic E-state index is 1.27. The summed E-state index contributed by atoms with van der Waals surface area (Å²) in [4.78, 5) is 0. The lowest BCUT2D eigenvalue weighted by molar-refractivity contribution is 1.34. The summed E-state index contributed by atoms with van der Waals surface area (Å²) in [6.45, 7) is 4.37. The van der Waals surface area contributed by atoms with Crippen molar-refractivity contribution in [3.8, 4) is 22.3 Å². The zero-order chi connectivity index (χ0) is 13.9. The highest BCUT2D eigenvalue weighted by Crippen LogP contribution is 2.34. The highest BCUT2D eigenvalue weighted by molar-refractivity contribution is 5.85. The molecular formula is C20H18. The van der Waals surface area contributed by atoms with Crippen molar-refractivity contribution >= 4 is 0 Å². The third-order valence-corrected chi connectivity index (χ3v) is 3.91. The predicted molar refractivity (Wildman–Crippen MR) is 86.8 cm³/mol. The lowest BCUT2D eigenvalue weighted by Crippen LogP contribution is -1.90. The number of benzene rings is 3. The zero-order valence-electron chi connectivity index (χ0n) is 11.9. The second-order valence-corrected chi connectivity index (χ2v) is 5.16. The fourth-order valence-electron chi connectivity index (χ4n) is 2.63. The van der Waals surface area contributed by atoms with Gasteiger partial charge >= 0.3 is 0 Å². The Hall–Kier alpha value is -2.34. The minimum Gasteiger partial charge on any atom is -0.0622 e. The quantitative estimate of drug-likeness (QED) is 0.558. The van der Waals surface area contributed by atoms with Gasteiger partial charge in [-0.05, 0) is 47.2 Å². The maximum atomic E-state index is 2.21. The Bertz CT molecular complexity index is 724. The van der Waals surface area contributed by atoms with Crippen LogP contribution in [0.2, 0.25) is 0 Å². The predicted octanol–water partition coefficient (Wildman–Crippen LogP) is 5.64. The Morgan fingerprint density at radius 1 is 0.500 bits per heavy atom. The Morgan fingerprint density at radius 2 is 1.10 bits per heavy atom. The molecule has 0 aliphatic rings. The topological polar surface area (TPSA) is 0 Å². The van der Waals surface area contributed by atoms with E-state index in [1.54, 1.807) is 0 Å². The van der Waals surface area contributed by atoms with Crippen LogP contribution in [0.25, 0.3) is 22.3 Å². The van der Waals surface area contributed by atoms with Crippen molar-refractivity contribution in [3.63, 3.8) is 0 Å². The van der Waals surface area contributed by atoms with Crippen LogP contribution < -0.4 is 0 Å². The second kappa shape index (κ2) is 5.34. The molecule has 0 spiro atoms. The average molecular weight is 258 g/mol. The number of hydrogen-bond acceptors (Lipinski definition) is 0. The van der Waals surface area contributed by atoms with Gasteiger partial charge in [0.2, 0.25) is 0 Å². The van der Waals surface area contributed by atoms with Crippen LogP contribution >= 0.6 is 0 Å². The molecule has 0 N–H and O–H groups in total. The van der Waals surface area contributed by atoms with Gasteiger partial charge in [-0.3, -0.25) is 0 Å². The molecule has 0 aliphatic carbocycles. The molecule has 3 rings (SSSR count). The van der Waals surface area contributed by atoms with Gasteiger partial charge in [0, 0.05) is 0 Å². The average Bonchev–Trinajstić information content (AvgIpc) is 2.51. The number of rotatable bonds is 2. The molecule has 0 amide bonds. The van der Waals surface area contributed by atoms with Gasteiger partial charge in [0.25, 0.3) is 0 Å². The van der Waals surface area contributed by atoms with Crippen LogP contribution in [0.4, 0.5) is 0 Å². The van der Waals surface area contributed by atoms with Gasteiger partial charge in [0.1, 0.15) is 0 Å². The Labute approximate surface area is 120 Å². The molecule has 0 unspecified atom stereocenters. The molecule has 0 saturated heterocycles. The first-order chi connectivity index (χ1) is 9.77. The van der Waals surface area contributed by atoms with Gasteiger partial charge in [0.15, 0.2) is 0 Å². The molecule has 0 radical (unpaired) electrons. The molecule has 3 aromatic rings. The van der Waals surface area contributed by atoms with Gasteiger partial charge in [-0.2, -0.15) is 0 Å². The SMILES string of the molecule is Cc1cccc(-c2ccccc2-c2ccccc2)c1C. The van der Waals surface area contributed by atoms with Crippen LogP contribution in [0, 0.1) is 13.8 Å². The van der Waals surface area contributed by atoms with Crippen molar-refractivity contribution < 1.29 is 0 Å². The van der Waals surface area contributed by atoms with Gasteiger partial charge in [0.05, 0.1) is 0 Å². The van der Waals surface area contributed by atoms with E-state index in [2.05, 4.69) is 86.6 Å². The van der Waals surface area contributed by atoms with Gasteiger partial charge in [-0.25, -0.2) is 0 Å². The Kier molecular flexibility index (Phi) is 3.39. The second-order valence-electron chi connectivity index (χ2n) is 5.16. The fraction of sp³-hybridized carbons (Fsp3) is 0.100. The van der Waals surface area contributed by atoms with Crippen molar-refractivity contribution in [2.45, 2.75) is 13.8 Å². The molecule has 98 valence electrons. The summed E-state index contributed by atoms with van der Waals surface area (Å²) in [6.07, 6.45) is 0. The molecule has 20 heavy (non-hydrogen) atoms. The first kappa shape index (κ1) is 12.7. The van der Waals surface area contributed by atoms with Crippen LogP contribution in [0.3, 0.4) is 0 Å². The van der Waals surface area contributed by atoms with Gasteiger partial charge < -0.3 is 0 Å². The third kappa shape index (κ3) is 2.25. The van der Waals surface area contributed by atoms with E-state index in [0.29, 0.717) is 0 Å². The molecule has 0 nitrogen and oxygen atoms in total. The van der Waals surface area contributed by atoms with E-state index in [0.717, 1.165) is 0 Å². The van der Waals surface area contributed by atoms with Gasteiger partial charge in [-0.1, -0.05) is 72.8 Å². The van der Waals surface area contributed by atoms with Crippen LogP contribution in [0.15, 0.2) is 72.8 Å². The minimum atomic E-state index is 1.27. The fourth-order valence-corrected chi connectivity index (χ4v) is 2.63. The van der Waals surface area contributed by atoms with Crippen LogP contribution in [-0.2, 0) is 0 Å². The summed E-state index contributed by atoms with van der Waals surface area (Å²) >= 11 is 0. The van der Waals surface area contributed by atoms with Crippen molar-refractivity contribution in [2.75, 3.05) is 0 Å². The summed E-state index contributed by atoms with van der Waals surface area (Å²) in [5.41, 5.74) is 7.89. The van der Waals surface area contributed by atoms with E-state index in [-0.39, 0.29) is 0 Å². The summed E-state index contributed by atoms with van der Waals surface area (Å²) in [5.74, 6) is 0. The molecule has 0 atom stereocenters. The highest BCUT2D eigenvalue weighted by atomic mass is 14.1. The van der Waals surface area contributed by atoms with Crippen molar-refractivity contribution in [1.82, 2.24) is 0 Å². The van der Waals surface area contributed by atoms with Crippen LogP contribution in [-0.4, -0.2) is 0 Å². The molecule has 3 aromatic carbocycles. The monoisotopic (exact) mass is 258 g/mol. The van der Waals surface area contributed by atoms with Crippen molar-refractivity contribution in [2.24, 2.45) is 0 Å². The number of hydrogen-bond donors (Lipinski definition) is 0. The largest absolute Gasteiger partial charge is 0.0622 e. The lowest BCUT2D eigenvalue weighted by atomic mass is 9.91. The maximum absolute atomic E-state index is 2.21. The summed E-state index contributed by atoms with van der Waals surface area (Å²) in [5, 5.41) is 0. The highest BCUT2D eigenvalue weighted by Gasteiger charge is 2.09. The van der Waals surface area contributed by atoms with Gasteiger partial charge in [-0.15, -0.1) is 0 Å². The molecule has 0 heteroatoms. The molecule has 0 fully saturated rings. The van der Waals surface area contributed by atoms with E-state index in [1.807, 2.05) is 0 Å². The number of aryl methyl sites for hydroxylation is 1. The smallest absolute Gasteiger partial charge is 0.0103 e. The first-order valence-corrected chi connectivity index (χ1v) is 6.98.